The summed E-state index contributed by atoms with van der Waals surface area (Å²) in [5, 5.41) is 23.2. The van der Waals surface area contributed by atoms with Crippen LogP contribution in [-0.4, -0.2) is 73.5 Å². The fourth-order valence-electron chi connectivity index (χ4n) is 3.36. The van der Waals surface area contributed by atoms with E-state index in [0.717, 1.165) is 27.1 Å². The van der Waals surface area contributed by atoms with Crippen LogP contribution in [0.25, 0.3) is 0 Å². The number of esters is 2. The van der Waals surface area contributed by atoms with Gasteiger partial charge in [0, 0.05) is 12.8 Å². The van der Waals surface area contributed by atoms with Gasteiger partial charge in [-0.2, -0.15) is 0 Å². The number of methoxy groups -OCH3 is 2. The summed E-state index contributed by atoms with van der Waals surface area (Å²) >= 11 is 0. The third-order valence-electron chi connectivity index (χ3n) is 4.74. The van der Waals surface area contributed by atoms with Crippen molar-refractivity contribution in [1.29, 1.82) is 0 Å². The first-order valence-electron chi connectivity index (χ1n) is 8.77. The van der Waals surface area contributed by atoms with E-state index in [2.05, 4.69) is 20.1 Å². The lowest BCUT2D eigenvalue weighted by Crippen LogP contribution is -2.47. The summed E-state index contributed by atoms with van der Waals surface area (Å²) in [7, 11) is 2.30. The van der Waals surface area contributed by atoms with Gasteiger partial charge in [-0.05, 0) is 18.3 Å². The van der Waals surface area contributed by atoms with E-state index in [1.807, 2.05) is 0 Å². The summed E-state index contributed by atoms with van der Waals surface area (Å²) in [4.78, 5) is 47.6. The quantitative estimate of drug-likeness (QED) is 0.335. The number of nitrogens with one attached hydrogen (secondary N) is 2. The van der Waals surface area contributed by atoms with Crippen molar-refractivity contribution in [2.45, 2.75) is 50.6 Å². The molecule has 0 unspecified atom stereocenters. The Morgan fingerprint density at radius 1 is 0.852 bits per heavy atom. The van der Waals surface area contributed by atoms with Gasteiger partial charge in [-0.25, -0.2) is 9.59 Å². The number of aliphatic hydroxyl groups excluding tert-OH is 2. The minimum Gasteiger partial charge on any atom is -0.467 e. The summed E-state index contributed by atoms with van der Waals surface area (Å²) in [6.07, 6.45) is 2.96. The van der Waals surface area contributed by atoms with E-state index in [1.165, 1.54) is 0 Å². The molecule has 0 aromatic carbocycles. The molecule has 0 saturated heterocycles. The maximum absolute atomic E-state index is 12.3. The summed E-state index contributed by atoms with van der Waals surface area (Å²) in [5.74, 6) is -2.46. The predicted molar refractivity (Wildman–Crippen MR) is 92.2 cm³/mol. The molecule has 154 valence electrons. The van der Waals surface area contributed by atoms with Crippen molar-refractivity contribution in [2.24, 2.45) is 5.41 Å². The summed E-state index contributed by atoms with van der Waals surface area (Å²) in [6, 6.07) is -2.32. The number of carbonyl (C=O) groups excluding carboxylic acids is 4. The number of carbonyl (C=O) groups is 4. The molecular formula is C17H28N2O8. The Hall–Kier alpha value is -2.20. The molecule has 1 saturated carbocycles. The van der Waals surface area contributed by atoms with E-state index in [9.17, 15) is 29.4 Å². The molecule has 10 heteroatoms. The monoisotopic (exact) mass is 388 g/mol. The Labute approximate surface area is 157 Å². The van der Waals surface area contributed by atoms with Crippen molar-refractivity contribution in [3.63, 3.8) is 0 Å². The third-order valence-corrected chi connectivity index (χ3v) is 4.74. The zero-order valence-electron chi connectivity index (χ0n) is 15.7. The maximum atomic E-state index is 12.3. The fourth-order valence-corrected chi connectivity index (χ4v) is 3.36. The van der Waals surface area contributed by atoms with Gasteiger partial charge in [0.2, 0.25) is 11.8 Å². The van der Waals surface area contributed by atoms with Crippen molar-refractivity contribution < 1.29 is 38.9 Å². The highest BCUT2D eigenvalue weighted by Crippen LogP contribution is 2.44. The van der Waals surface area contributed by atoms with E-state index in [1.54, 1.807) is 0 Å². The molecule has 0 heterocycles. The molecule has 2 amide bonds. The van der Waals surface area contributed by atoms with Crippen LogP contribution in [0.15, 0.2) is 0 Å². The largest absolute Gasteiger partial charge is 0.467 e. The van der Waals surface area contributed by atoms with E-state index < -0.39 is 54.5 Å². The highest BCUT2D eigenvalue weighted by Gasteiger charge is 2.39. The van der Waals surface area contributed by atoms with Crippen molar-refractivity contribution in [2.75, 3.05) is 27.4 Å². The molecule has 0 aromatic heterocycles. The normalized spacial score (nSPS) is 17.5. The van der Waals surface area contributed by atoms with Crippen LogP contribution in [-0.2, 0) is 28.7 Å². The fraction of sp³-hybridized carbons (Fsp3) is 0.765. The summed E-state index contributed by atoms with van der Waals surface area (Å²) in [6.45, 7) is -1.19. The van der Waals surface area contributed by atoms with Crippen molar-refractivity contribution >= 4 is 23.8 Å². The first kappa shape index (κ1) is 22.8. The van der Waals surface area contributed by atoms with Gasteiger partial charge in [0.15, 0.2) is 12.1 Å². The van der Waals surface area contributed by atoms with Gasteiger partial charge in [-0.3, -0.25) is 9.59 Å². The summed E-state index contributed by atoms with van der Waals surface area (Å²) < 4.78 is 9.02. The van der Waals surface area contributed by atoms with Crippen LogP contribution in [0.3, 0.4) is 0 Å². The Morgan fingerprint density at radius 3 is 1.52 bits per heavy atom. The molecule has 0 bridgehead atoms. The average Bonchev–Trinajstić information content (AvgIpc) is 3.10. The first-order chi connectivity index (χ1) is 12.8. The summed E-state index contributed by atoms with van der Waals surface area (Å²) in [5.41, 5.74) is -0.611. The van der Waals surface area contributed by atoms with Gasteiger partial charge < -0.3 is 30.3 Å². The first-order valence-corrected chi connectivity index (χ1v) is 8.77. The van der Waals surface area contributed by atoms with Gasteiger partial charge in [0.05, 0.1) is 27.4 Å². The van der Waals surface area contributed by atoms with Gasteiger partial charge in [0.25, 0.3) is 0 Å². The second-order valence-corrected chi connectivity index (χ2v) is 6.71. The lowest BCUT2D eigenvalue weighted by atomic mass is 9.78. The lowest BCUT2D eigenvalue weighted by Gasteiger charge is -2.29. The van der Waals surface area contributed by atoms with Gasteiger partial charge >= 0.3 is 11.9 Å². The molecule has 1 fully saturated rings. The Morgan fingerprint density at radius 2 is 1.22 bits per heavy atom. The molecule has 1 aliphatic carbocycles. The molecule has 0 radical (unpaired) electrons. The maximum Gasteiger partial charge on any atom is 0.330 e. The zero-order chi connectivity index (χ0) is 20.4. The predicted octanol–water partition coefficient (Wildman–Crippen LogP) is -1.37. The number of rotatable bonds is 10. The topological polar surface area (TPSA) is 151 Å². The van der Waals surface area contributed by atoms with Gasteiger partial charge in [-0.15, -0.1) is 0 Å². The van der Waals surface area contributed by atoms with E-state index >= 15 is 0 Å². The number of amides is 2. The van der Waals surface area contributed by atoms with Crippen molar-refractivity contribution in [1.82, 2.24) is 10.6 Å². The number of hydrogen-bond acceptors (Lipinski definition) is 8. The van der Waals surface area contributed by atoms with Crippen LogP contribution in [0.4, 0.5) is 0 Å². The van der Waals surface area contributed by atoms with Gasteiger partial charge in [-0.1, -0.05) is 12.8 Å². The van der Waals surface area contributed by atoms with Gasteiger partial charge in [0.1, 0.15) is 0 Å². The number of hydrogen-bond donors (Lipinski definition) is 4. The molecule has 10 nitrogen and oxygen atoms in total. The molecular weight excluding hydrogens is 360 g/mol. The molecule has 27 heavy (non-hydrogen) atoms. The number of ether oxygens (including phenoxy) is 2. The smallest absolute Gasteiger partial charge is 0.330 e. The molecule has 0 spiro atoms. The third kappa shape index (κ3) is 6.79. The highest BCUT2D eigenvalue weighted by atomic mass is 16.5. The van der Waals surface area contributed by atoms with Crippen molar-refractivity contribution in [3.05, 3.63) is 0 Å². The Bertz CT molecular complexity index is 503. The highest BCUT2D eigenvalue weighted by molar-refractivity contribution is 5.87. The SMILES string of the molecule is COC(=O)[C@@H](CO)NC(=O)CC1(CC(=O)N[C@H](CO)C(=O)OC)CCCC1. The Balaban J connectivity index is 2.72. The molecule has 0 aliphatic heterocycles. The van der Waals surface area contributed by atoms with Crippen LogP contribution in [0.1, 0.15) is 38.5 Å². The minimum absolute atomic E-state index is 0.00404. The lowest BCUT2D eigenvalue weighted by molar-refractivity contribution is -0.147. The number of aliphatic hydroxyl groups is 2. The van der Waals surface area contributed by atoms with Crippen LogP contribution < -0.4 is 10.6 Å². The van der Waals surface area contributed by atoms with Crippen LogP contribution in [0.2, 0.25) is 0 Å². The second kappa shape index (κ2) is 10.8. The van der Waals surface area contributed by atoms with Crippen LogP contribution >= 0.6 is 0 Å². The Kier molecular flexibility index (Phi) is 9.16. The van der Waals surface area contributed by atoms with E-state index in [4.69, 9.17) is 0 Å². The van der Waals surface area contributed by atoms with Crippen molar-refractivity contribution in [3.8, 4) is 0 Å². The molecule has 0 aromatic rings. The van der Waals surface area contributed by atoms with E-state index in [0.29, 0.717) is 12.8 Å². The van der Waals surface area contributed by atoms with Crippen LogP contribution in [0.5, 0.6) is 0 Å². The minimum atomic E-state index is -1.16. The van der Waals surface area contributed by atoms with Crippen LogP contribution in [0, 0.1) is 5.41 Å². The molecule has 2 atom stereocenters. The molecule has 1 aliphatic rings. The zero-order valence-corrected chi connectivity index (χ0v) is 15.7. The standard InChI is InChI=1S/C17H28N2O8/c1-26-15(24)11(9-20)18-13(22)7-17(5-3-4-6-17)8-14(23)19-12(10-21)16(25)27-2/h11-12,20-21H,3-10H2,1-2H3,(H,18,22)(H,19,23)/t11-,12-/m1/s1. The van der Waals surface area contributed by atoms with E-state index in [-0.39, 0.29) is 12.8 Å². The second-order valence-electron chi connectivity index (χ2n) is 6.71. The average molecular weight is 388 g/mol. The molecule has 4 N–H and O–H groups in total. The molecule has 1 rings (SSSR count).